The summed E-state index contributed by atoms with van der Waals surface area (Å²) in [6, 6.07) is 9.02. The number of hydrogen-bond acceptors (Lipinski definition) is 4. The van der Waals surface area contributed by atoms with E-state index in [1.165, 1.54) is 42.0 Å². The summed E-state index contributed by atoms with van der Waals surface area (Å²) in [4.78, 5) is 28.2. The van der Waals surface area contributed by atoms with E-state index in [0.717, 1.165) is 23.5 Å². The van der Waals surface area contributed by atoms with Crippen LogP contribution in [0.2, 0.25) is 0 Å². The van der Waals surface area contributed by atoms with Crippen molar-refractivity contribution in [3.63, 3.8) is 0 Å². The quantitative estimate of drug-likeness (QED) is 0.673. The number of rotatable bonds is 3. The van der Waals surface area contributed by atoms with Gasteiger partial charge in [-0.3, -0.25) is 9.59 Å². The number of halogens is 2. The predicted molar refractivity (Wildman–Crippen MR) is 88.1 cm³/mol. The Balaban J connectivity index is 2.13. The third-order valence-corrected chi connectivity index (χ3v) is 4.49. The second-order valence-corrected chi connectivity index (χ2v) is 6.09. The Hall–Kier alpha value is -2.87. The van der Waals surface area contributed by atoms with Gasteiger partial charge in [-0.25, -0.2) is 8.78 Å². The first-order valence-corrected chi connectivity index (χ1v) is 8.00. The van der Waals surface area contributed by atoms with Crippen molar-refractivity contribution in [1.29, 1.82) is 0 Å². The molecular formula is C17H12F2N2O3S. The monoisotopic (exact) mass is 362 g/mol. The Morgan fingerprint density at radius 1 is 1.12 bits per heavy atom. The molecule has 0 unspecified atom stereocenters. The number of ether oxygens (including phenoxy) is 1. The third-order valence-electron chi connectivity index (χ3n) is 3.45. The lowest BCUT2D eigenvalue weighted by molar-refractivity contribution is -0.141. The maximum absolute atomic E-state index is 13.4. The van der Waals surface area contributed by atoms with Gasteiger partial charge in [-0.2, -0.15) is 4.99 Å². The minimum atomic E-state index is -0.592. The summed E-state index contributed by atoms with van der Waals surface area (Å²) in [6.45, 7) is -0.169. The van der Waals surface area contributed by atoms with Gasteiger partial charge in [0, 0.05) is 5.56 Å². The van der Waals surface area contributed by atoms with E-state index >= 15 is 0 Å². The van der Waals surface area contributed by atoms with E-state index in [1.807, 2.05) is 0 Å². The van der Waals surface area contributed by atoms with Crippen LogP contribution in [-0.2, 0) is 16.1 Å². The third kappa shape index (κ3) is 3.63. The van der Waals surface area contributed by atoms with Gasteiger partial charge in [0.05, 0.1) is 17.3 Å². The summed E-state index contributed by atoms with van der Waals surface area (Å²) in [5.41, 5.74) is 0.761. The molecule has 3 rings (SSSR count). The molecule has 8 heteroatoms. The molecule has 0 bridgehead atoms. The van der Waals surface area contributed by atoms with Crippen molar-refractivity contribution < 1.29 is 23.1 Å². The number of aromatic nitrogens is 1. The van der Waals surface area contributed by atoms with Crippen LogP contribution in [0.3, 0.4) is 0 Å². The predicted octanol–water partition coefficient (Wildman–Crippen LogP) is 2.90. The van der Waals surface area contributed by atoms with Crippen molar-refractivity contribution in [3.8, 4) is 0 Å². The average Bonchev–Trinajstić information content (AvgIpc) is 2.91. The summed E-state index contributed by atoms with van der Waals surface area (Å²) < 4.78 is 33.1. The van der Waals surface area contributed by atoms with Crippen LogP contribution in [0, 0.1) is 11.6 Å². The van der Waals surface area contributed by atoms with E-state index < -0.39 is 23.5 Å². The molecule has 3 aromatic rings. The zero-order chi connectivity index (χ0) is 18.0. The SMILES string of the molecule is COC(=O)Cn1c(=NC(=O)c2ccc(F)cc2)sc2cc(F)ccc21. The zero-order valence-electron chi connectivity index (χ0n) is 13.0. The number of methoxy groups -OCH3 is 1. The zero-order valence-corrected chi connectivity index (χ0v) is 13.8. The van der Waals surface area contributed by atoms with E-state index in [-0.39, 0.29) is 16.9 Å². The van der Waals surface area contributed by atoms with Crippen LogP contribution in [0.1, 0.15) is 10.4 Å². The number of esters is 1. The number of carbonyl (C=O) groups excluding carboxylic acids is 2. The number of nitrogens with zero attached hydrogens (tertiary/aromatic N) is 2. The van der Waals surface area contributed by atoms with E-state index in [2.05, 4.69) is 9.73 Å². The highest BCUT2D eigenvalue weighted by molar-refractivity contribution is 7.16. The summed E-state index contributed by atoms with van der Waals surface area (Å²) in [5.74, 6) is -2.02. The van der Waals surface area contributed by atoms with Gasteiger partial charge in [-0.15, -0.1) is 0 Å². The van der Waals surface area contributed by atoms with Crippen molar-refractivity contribution in [3.05, 3.63) is 64.5 Å². The molecular weight excluding hydrogens is 350 g/mol. The van der Waals surface area contributed by atoms with Gasteiger partial charge in [0.1, 0.15) is 18.2 Å². The first-order valence-electron chi connectivity index (χ1n) is 7.18. The van der Waals surface area contributed by atoms with Crippen molar-refractivity contribution in [2.45, 2.75) is 6.54 Å². The lowest BCUT2D eigenvalue weighted by Crippen LogP contribution is -2.22. The number of thiazole rings is 1. The van der Waals surface area contributed by atoms with Crippen LogP contribution in [-0.4, -0.2) is 23.6 Å². The Morgan fingerprint density at radius 3 is 2.48 bits per heavy atom. The number of fused-ring (bicyclic) bond motifs is 1. The highest BCUT2D eigenvalue weighted by Gasteiger charge is 2.13. The van der Waals surface area contributed by atoms with Crippen molar-refractivity contribution >= 4 is 33.4 Å². The van der Waals surface area contributed by atoms with Gasteiger partial charge in [0.2, 0.25) is 0 Å². The van der Waals surface area contributed by atoms with Crippen LogP contribution < -0.4 is 4.80 Å². The van der Waals surface area contributed by atoms with E-state index in [9.17, 15) is 18.4 Å². The van der Waals surface area contributed by atoms with E-state index in [0.29, 0.717) is 10.2 Å². The lowest BCUT2D eigenvalue weighted by Gasteiger charge is -2.03. The molecule has 5 nitrogen and oxygen atoms in total. The van der Waals surface area contributed by atoms with Gasteiger partial charge in [-0.05, 0) is 42.5 Å². The lowest BCUT2D eigenvalue weighted by atomic mass is 10.2. The molecule has 2 aromatic carbocycles. The summed E-state index contributed by atoms with van der Waals surface area (Å²) in [6.07, 6.45) is 0. The minimum Gasteiger partial charge on any atom is -0.468 e. The minimum absolute atomic E-state index is 0.169. The van der Waals surface area contributed by atoms with E-state index in [4.69, 9.17) is 0 Å². The molecule has 1 aromatic heterocycles. The topological polar surface area (TPSA) is 60.7 Å². The first-order chi connectivity index (χ1) is 12.0. The standard InChI is InChI=1S/C17H12F2N2O3S/c1-24-15(22)9-21-13-7-6-12(19)8-14(13)25-17(21)20-16(23)10-2-4-11(18)5-3-10/h2-8H,9H2,1H3. The van der Waals surface area contributed by atoms with Crippen LogP contribution in [0.5, 0.6) is 0 Å². The van der Waals surface area contributed by atoms with Gasteiger partial charge in [-0.1, -0.05) is 11.3 Å². The Labute approximate surface area is 144 Å². The first kappa shape index (κ1) is 17.0. The maximum Gasteiger partial charge on any atom is 0.325 e. The molecule has 0 saturated carbocycles. The fourth-order valence-corrected chi connectivity index (χ4v) is 3.28. The summed E-state index contributed by atoms with van der Waals surface area (Å²) >= 11 is 1.07. The molecule has 1 heterocycles. The molecule has 0 aliphatic heterocycles. The number of amides is 1. The Kier molecular flexibility index (Phi) is 4.71. The van der Waals surface area contributed by atoms with Crippen molar-refractivity contribution in [2.75, 3.05) is 7.11 Å². The fraction of sp³-hybridized carbons (Fsp3) is 0.118. The second kappa shape index (κ2) is 6.94. The molecule has 0 fully saturated rings. The molecule has 0 radical (unpaired) electrons. The van der Waals surface area contributed by atoms with Gasteiger partial charge in [0.25, 0.3) is 5.91 Å². The number of hydrogen-bond donors (Lipinski definition) is 0. The van der Waals surface area contributed by atoms with Crippen molar-refractivity contribution in [1.82, 2.24) is 4.57 Å². The summed E-state index contributed by atoms with van der Waals surface area (Å²) in [7, 11) is 1.25. The summed E-state index contributed by atoms with van der Waals surface area (Å²) in [5, 5.41) is 0. The second-order valence-electron chi connectivity index (χ2n) is 5.08. The molecule has 0 spiro atoms. The largest absolute Gasteiger partial charge is 0.468 e. The molecule has 25 heavy (non-hydrogen) atoms. The van der Waals surface area contributed by atoms with Crippen LogP contribution in [0.4, 0.5) is 8.78 Å². The molecule has 0 aliphatic rings. The number of benzene rings is 2. The van der Waals surface area contributed by atoms with Crippen LogP contribution in [0.25, 0.3) is 10.2 Å². The van der Waals surface area contributed by atoms with Crippen LogP contribution in [0.15, 0.2) is 47.5 Å². The Morgan fingerprint density at radius 2 is 1.80 bits per heavy atom. The van der Waals surface area contributed by atoms with E-state index in [1.54, 1.807) is 0 Å². The number of carbonyl (C=O) groups is 2. The molecule has 1 amide bonds. The van der Waals surface area contributed by atoms with Gasteiger partial charge in [0.15, 0.2) is 4.80 Å². The Bertz CT molecular complexity index is 1020. The van der Waals surface area contributed by atoms with Gasteiger partial charge < -0.3 is 9.30 Å². The van der Waals surface area contributed by atoms with Crippen molar-refractivity contribution in [2.24, 2.45) is 4.99 Å². The molecule has 0 aliphatic carbocycles. The smallest absolute Gasteiger partial charge is 0.325 e. The molecule has 0 saturated heterocycles. The fourth-order valence-electron chi connectivity index (χ4n) is 2.22. The maximum atomic E-state index is 13.4. The van der Waals surface area contributed by atoms with Crippen LogP contribution >= 0.6 is 11.3 Å². The average molecular weight is 362 g/mol. The molecule has 0 atom stereocenters. The highest BCUT2D eigenvalue weighted by Crippen LogP contribution is 2.19. The van der Waals surface area contributed by atoms with Gasteiger partial charge >= 0.3 is 5.97 Å². The molecule has 128 valence electrons. The molecule has 0 N–H and O–H groups in total. The highest BCUT2D eigenvalue weighted by atomic mass is 32.1. The normalized spacial score (nSPS) is 11.7.